The highest BCUT2D eigenvalue weighted by atomic mass is 79.9. The Balaban J connectivity index is 1.97. The van der Waals surface area contributed by atoms with Crippen LogP contribution < -0.4 is 5.32 Å². The SMILES string of the molecule is CCCNCC(CCc1ccsc1)c1ccc(Br)cc1. The van der Waals surface area contributed by atoms with Gasteiger partial charge in [0, 0.05) is 11.0 Å². The lowest BCUT2D eigenvalue weighted by atomic mass is 9.93. The van der Waals surface area contributed by atoms with Gasteiger partial charge in [0.25, 0.3) is 0 Å². The lowest BCUT2D eigenvalue weighted by Crippen LogP contribution is -2.22. The number of nitrogens with one attached hydrogen (secondary N) is 1. The summed E-state index contributed by atoms with van der Waals surface area (Å²) in [7, 11) is 0. The third-order valence-corrected chi connectivity index (χ3v) is 4.78. The molecule has 20 heavy (non-hydrogen) atoms. The quantitative estimate of drug-likeness (QED) is 0.642. The maximum atomic E-state index is 3.57. The summed E-state index contributed by atoms with van der Waals surface area (Å²) >= 11 is 5.30. The molecule has 0 aliphatic heterocycles. The monoisotopic (exact) mass is 351 g/mol. The van der Waals surface area contributed by atoms with Crippen LogP contribution in [0, 0.1) is 0 Å². The fraction of sp³-hybridized carbons (Fsp3) is 0.412. The van der Waals surface area contributed by atoms with Crippen LogP contribution in [-0.2, 0) is 6.42 Å². The van der Waals surface area contributed by atoms with Crippen molar-refractivity contribution >= 4 is 27.3 Å². The van der Waals surface area contributed by atoms with Crippen molar-refractivity contribution in [2.45, 2.75) is 32.1 Å². The summed E-state index contributed by atoms with van der Waals surface area (Å²) in [4.78, 5) is 0. The van der Waals surface area contributed by atoms with Crippen molar-refractivity contribution in [1.29, 1.82) is 0 Å². The van der Waals surface area contributed by atoms with E-state index in [9.17, 15) is 0 Å². The van der Waals surface area contributed by atoms with Gasteiger partial charge >= 0.3 is 0 Å². The Morgan fingerprint density at radius 1 is 1.20 bits per heavy atom. The van der Waals surface area contributed by atoms with Crippen LogP contribution in [-0.4, -0.2) is 13.1 Å². The molecule has 0 bridgehead atoms. The van der Waals surface area contributed by atoms with Crippen molar-refractivity contribution in [2.75, 3.05) is 13.1 Å². The topological polar surface area (TPSA) is 12.0 Å². The molecule has 1 aromatic carbocycles. The van der Waals surface area contributed by atoms with E-state index in [-0.39, 0.29) is 0 Å². The van der Waals surface area contributed by atoms with Gasteiger partial charge in [0.05, 0.1) is 0 Å². The summed E-state index contributed by atoms with van der Waals surface area (Å²) in [5.41, 5.74) is 2.90. The first-order valence-electron chi connectivity index (χ1n) is 7.27. The second kappa shape index (κ2) is 8.60. The summed E-state index contributed by atoms with van der Waals surface area (Å²) in [5.74, 6) is 0.592. The molecular weight excluding hydrogens is 330 g/mol. The van der Waals surface area contributed by atoms with Crippen LogP contribution in [0.1, 0.15) is 36.8 Å². The van der Waals surface area contributed by atoms with Crippen molar-refractivity contribution in [3.05, 3.63) is 56.7 Å². The van der Waals surface area contributed by atoms with Crippen LogP contribution in [0.3, 0.4) is 0 Å². The predicted octanol–water partition coefficient (Wildman–Crippen LogP) is 5.23. The molecule has 1 N–H and O–H groups in total. The van der Waals surface area contributed by atoms with Crippen molar-refractivity contribution in [2.24, 2.45) is 0 Å². The average molecular weight is 352 g/mol. The molecule has 0 saturated heterocycles. The molecule has 0 fully saturated rings. The molecule has 1 nitrogen and oxygen atoms in total. The smallest absolute Gasteiger partial charge is 0.0175 e. The molecule has 1 aromatic heterocycles. The molecule has 0 amide bonds. The molecule has 3 heteroatoms. The van der Waals surface area contributed by atoms with E-state index in [1.807, 2.05) is 0 Å². The maximum absolute atomic E-state index is 3.57. The van der Waals surface area contributed by atoms with E-state index < -0.39 is 0 Å². The van der Waals surface area contributed by atoms with Crippen LogP contribution in [0.4, 0.5) is 0 Å². The van der Waals surface area contributed by atoms with E-state index in [4.69, 9.17) is 0 Å². The highest BCUT2D eigenvalue weighted by Gasteiger charge is 2.11. The Hall–Kier alpha value is -0.640. The zero-order valence-corrected chi connectivity index (χ0v) is 14.3. The van der Waals surface area contributed by atoms with E-state index in [2.05, 4.69) is 69.3 Å². The minimum atomic E-state index is 0.592. The molecule has 1 heterocycles. The summed E-state index contributed by atoms with van der Waals surface area (Å²) in [6, 6.07) is 11.0. The van der Waals surface area contributed by atoms with E-state index in [1.165, 1.54) is 24.0 Å². The van der Waals surface area contributed by atoms with Crippen LogP contribution >= 0.6 is 27.3 Å². The molecule has 0 radical (unpaired) electrons. The van der Waals surface area contributed by atoms with E-state index in [1.54, 1.807) is 11.3 Å². The molecule has 108 valence electrons. The van der Waals surface area contributed by atoms with Gasteiger partial charge < -0.3 is 5.32 Å². The second-order valence-corrected chi connectivity index (χ2v) is 6.82. The zero-order valence-electron chi connectivity index (χ0n) is 11.9. The molecule has 1 unspecified atom stereocenters. The number of hydrogen-bond acceptors (Lipinski definition) is 2. The third kappa shape index (κ3) is 5.04. The molecule has 1 atom stereocenters. The van der Waals surface area contributed by atoms with E-state index in [0.29, 0.717) is 5.92 Å². The number of benzene rings is 1. The minimum absolute atomic E-state index is 0.592. The Bertz CT molecular complexity index is 478. The number of halogens is 1. The summed E-state index contributed by atoms with van der Waals surface area (Å²) < 4.78 is 1.15. The zero-order chi connectivity index (χ0) is 14.2. The highest BCUT2D eigenvalue weighted by Crippen LogP contribution is 2.23. The lowest BCUT2D eigenvalue weighted by molar-refractivity contribution is 0.549. The molecule has 0 aliphatic rings. The average Bonchev–Trinajstić information content (AvgIpc) is 2.97. The molecular formula is C17H22BrNS. The molecule has 0 aliphatic carbocycles. The predicted molar refractivity (Wildman–Crippen MR) is 92.7 cm³/mol. The number of hydrogen-bond donors (Lipinski definition) is 1. The van der Waals surface area contributed by atoms with Crippen LogP contribution in [0.25, 0.3) is 0 Å². The van der Waals surface area contributed by atoms with Crippen molar-refractivity contribution in [1.82, 2.24) is 5.32 Å². The van der Waals surface area contributed by atoms with Gasteiger partial charge in [-0.3, -0.25) is 0 Å². The second-order valence-electron chi connectivity index (χ2n) is 5.12. The molecule has 0 saturated carbocycles. The third-order valence-electron chi connectivity index (χ3n) is 3.52. The van der Waals surface area contributed by atoms with Gasteiger partial charge in [0.1, 0.15) is 0 Å². The van der Waals surface area contributed by atoms with Gasteiger partial charge in [-0.25, -0.2) is 0 Å². The first-order valence-corrected chi connectivity index (χ1v) is 9.00. The van der Waals surface area contributed by atoms with Gasteiger partial charge in [-0.15, -0.1) is 0 Å². The normalized spacial score (nSPS) is 12.5. The first kappa shape index (κ1) is 15.7. The van der Waals surface area contributed by atoms with E-state index >= 15 is 0 Å². The Labute approximate surface area is 134 Å². The van der Waals surface area contributed by atoms with Gasteiger partial charge in [-0.2, -0.15) is 11.3 Å². The first-order chi connectivity index (χ1) is 9.79. The standard InChI is InChI=1S/C17H22BrNS/c1-2-10-19-12-16(4-3-14-9-11-20-13-14)15-5-7-17(18)8-6-15/h5-9,11,13,16,19H,2-4,10,12H2,1H3. The summed E-state index contributed by atoms with van der Waals surface area (Å²) in [6.07, 6.45) is 3.56. The molecule has 2 rings (SSSR count). The van der Waals surface area contributed by atoms with Crippen molar-refractivity contribution in [3.8, 4) is 0 Å². The number of aryl methyl sites for hydroxylation is 1. The van der Waals surface area contributed by atoms with Crippen molar-refractivity contribution < 1.29 is 0 Å². The maximum Gasteiger partial charge on any atom is 0.0175 e. The molecule has 2 aromatic rings. The lowest BCUT2D eigenvalue weighted by Gasteiger charge is -2.18. The van der Waals surface area contributed by atoms with Crippen molar-refractivity contribution in [3.63, 3.8) is 0 Å². The molecule has 0 spiro atoms. The van der Waals surface area contributed by atoms with Crippen LogP contribution in [0.2, 0.25) is 0 Å². The summed E-state index contributed by atoms with van der Waals surface area (Å²) in [5, 5.41) is 8.00. The Morgan fingerprint density at radius 3 is 2.65 bits per heavy atom. The van der Waals surface area contributed by atoms with E-state index in [0.717, 1.165) is 24.0 Å². The van der Waals surface area contributed by atoms with Gasteiger partial charge in [0.2, 0.25) is 0 Å². The fourth-order valence-electron chi connectivity index (χ4n) is 2.35. The van der Waals surface area contributed by atoms with Gasteiger partial charge in [-0.1, -0.05) is 35.0 Å². The van der Waals surface area contributed by atoms with Crippen LogP contribution in [0.5, 0.6) is 0 Å². The fourth-order valence-corrected chi connectivity index (χ4v) is 3.32. The Kier molecular flexibility index (Phi) is 6.77. The Morgan fingerprint density at radius 2 is 2.00 bits per heavy atom. The largest absolute Gasteiger partial charge is 0.316 e. The van der Waals surface area contributed by atoms with Crippen LogP contribution in [0.15, 0.2) is 45.6 Å². The van der Waals surface area contributed by atoms with Gasteiger partial charge in [-0.05, 0) is 71.8 Å². The summed E-state index contributed by atoms with van der Waals surface area (Å²) in [6.45, 7) is 4.39. The minimum Gasteiger partial charge on any atom is -0.316 e. The highest BCUT2D eigenvalue weighted by molar-refractivity contribution is 9.10. The number of thiophene rings is 1. The van der Waals surface area contributed by atoms with Gasteiger partial charge in [0.15, 0.2) is 0 Å². The number of rotatable bonds is 8.